The van der Waals surface area contributed by atoms with Crippen LogP contribution in [-0.2, 0) is 18.9 Å². The molecule has 0 bridgehead atoms. The molecule has 2 unspecified atom stereocenters. The highest BCUT2D eigenvalue weighted by Crippen LogP contribution is 2.17. The van der Waals surface area contributed by atoms with Gasteiger partial charge in [0, 0.05) is 13.1 Å². The van der Waals surface area contributed by atoms with Crippen LogP contribution in [0.3, 0.4) is 0 Å². The molecule has 7 heteroatoms. The molecule has 0 saturated carbocycles. The highest BCUT2D eigenvalue weighted by molar-refractivity contribution is 4.76. The highest BCUT2D eigenvalue weighted by Gasteiger charge is 2.32. The Labute approximate surface area is 118 Å². The second-order valence-electron chi connectivity index (χ2n) is 5.26. The summed E-state index contributed by atoms with van der Waals surface area (Å²) in [6, 6.07) is 0. The van der Waals surface area contributed by atoms with Crippen molar-refractivity contribution in [2.45, 2.75) is 37.8 Å². The van der Waals surface area contributed by atoms with Gasteiger partial charge in [0.15, 0.2) is 0 Å². The highest BCUT2D eigenvalue weighted by atomic mass is 19.3. The third-order valence-corrected chi connectivity index (χ3v) is 3.69. The summed E-state index contributed by atoms with van der Waals surface area (Å²) in [4.78, 5) is 2.28. The molecule has 118 valence electrons. The van der Waals surface area contributed by atoms with Crippen molar-refractivity contribution in [3.8, 4) is 0 Å². The summed E-state index contributed by atoms with van der Waals surface area (Å²) in [5.41, 5.74) is 0. The normalized spacial score (nSPS) is 29.4. The number of halogens is 2. The van der Waals surface area contributed by atoms with E-state index in [0.717, 1.165) is 25.9 Å². The zero-order chi connectivity index (χ0) is 14.4. The van der Waals surface area contributed by atoms with Crippen LogP contribution < -0.4 is 0 Å². The number of alkyl halides is 2. The van der Waals surface area contributed by atoms with Gasteiger partial charge in [-0.05, 0) is 19.9 Å². The first-order valence-corrected chi connectivity index (χ1v) is 7.08. The summed E-state index contributed by atoms with van der Waals surface area (Å²) in [5, 5.41) is 0. The van der Waals surface area contributed by atoms with Crippen LogP contribution in [0.4, 0.5) is 8.78 Å². The molecule has 2 aliphatic rings. The largest absolute Gasteiger partial charge is 0.376 e. The van der Waals surface area contributed by atoms with Crippen LogP contribution in [0, 0.1) is 0 Å². The molecule has 2 heterocycles. The fourth-order valence-electron chi connectivity index (χ4n) is 2.50. The number of hydrogen-bond acceptors (Lipinski definition) is 5. The Hall–Kier alpha value is -0.340. The van der Waals surface area contributed by atoms with Gasteiger partial charge in [-0.15, -0.1) is 0 Å². The van der Waals surface area contributed by atoms with Crippen LogP contribution in [0.15, 0.2) is 0 Å². The van der Waals surface area contributed by atoms with Crippen molar-refractivity contribution in [1.82, 2.24) is 4.90 Å². The first-order chi connectivity index (χ1) is 9.65. The van der Waals surface area contributed by atoms with Gasteiger partial charge in [0.2, 0.25) is 0 Å². The molecule has 2 fully saturated rings. The molecule has 2 rings (SSSR count). The standard InChI is InChI=1S/C13H23F2NO4/c1-16-4-2-10(3-5-16)18-6-7-19-11-8-17-9-12(11)20-13(14)15/h10-13H,2-9H2,1H3. The minimum Gasteiger partial charge on any atom is -0.376 e. The molecular formula is C13H23F2NO4. The van der Waals surface area contributed by atoms with Crippen molar-refractivity contribution in [2.24, 2.45) is 0 Å². The zero-order valence-corrected chi connectivity index (χ0v) is 11.8. The summed E-state index contributed by atoms with van der Waals surface area (Å²) in [6.07, 6.45) is 1.23. The zero-order valence-electron chi connectivity index (χ0n) is 11.8. The topological polar surface area (TPSA) is 40.2 Å². The third kappa shape index (κ3) is 5.21. The molecule has 5 nitrogen and oxygen atoms in total. The van der Waals surface area contributed by atoms with Crippen LogP contribution in [-0.4, -0.2) is 76.4 Å². The number of ether oxygens (including phenoxy) is 4. The summed E-state index contributed by atoms with van der Waals surface area (Å²) < 4.78 is 45.1. The van der Waals surface area contributed by atoms with E-state index in [0.29, 0.717) is 19.8 Å². The van der Waals surface area contributed by atoms with E-state index in [9.17, 15) is 8.78 Å². The van der Waals surface area contributed by atoms with E-state index < -0.39 is 18.8 Å². The Morgan fingerprint density at radius 3 is 2.45 bits per heavy atom. The fraction of sp³-hybridized carbons (Fsp3) is 1.00. The smallest absolute Gasteiger partial charge is 0.345 e. The number of hydrogen-bond donors (Lipinski definition) is 0. The van der Waals surface area contributed by atoms with Crippen LogP contribution in [0.5, 0.6) is 0 Å². The maximum atomic E-state index is 12.2. The first-order valence-electron chi connectivity index (χ1n) is 7.08. The second kappa shape index (κ2) is 8.19. The van der Waals surface area contributed by atoms with Gasteiger partial charge in [-0.1, -0.05) is 0 Å². The lowest BCUT2D eigenvalue weighted by molar-refractivity contribution is -0.186. The minimum atomic E-state index is -2.79. The molecule has 0 aromatic rings. The van der Waals surface area contributed by atoms with E-state index in [1.165, 1.54) is 0 Å². The number of nitrogens with zero attached hydrogens (tertiary/aromatic N) is 1. The predicted octanol–water partition coefficient (Wildman–Crippen LogP) is 1.12. The van der Waals surface area contributed by atoms with Crippen molar-refractivity contribution in [3.63, 3.8) is 0 Å². The maximum absolute atomic E-state index is 12.2. The summed E-state index contributed by atoms with van der Waals surface area (Å²) >= 11 is 0. The SMILES string of the molecule is CN1CCC(OCCOC2COCC2OC(F)F)CC1. The molecule has 0 amide bonds. The summed E-state index contributed by atoms with van der Waals surface area (Å²) in [5.74, 6) is 0. The Morgan fingerprint density at radius 1 is 1.10 bits per heavy atom. The van der Waals surface area contributed by atoms with E-state index in [1.54, 1.807) is 0 Å². The van der Waals surface area contributed by atoms with Gasteiger partial charge in [-0.2, -0.15) is 8.78 Å². The molecule has 2 atom stereocenters. The van der Waals surface area contributed by atoms with E-state index in [-0.39, 0.29) is 12.7 Å². The van der Waals surface area contributed by atoms with Crippen molar-refractivity contribution >= 4 is 0 Å². The lowest BCUT2D eigenvalue weighted by Crippen LogP contribution is -2.35. The van der Waals surface area contributed by atoms with Crippen molar-refractivity contribution < 1.29 is 27.7 Å². The number of likely N-dealkylation sites (tertiary alicyclic amines) is 1. The molecule has 2 aliphatic heterocycles. The molecular weight excluding hydrogens is 272 g/mol. The van der Waals surface area contributed by atoms with Gasteiger partial charge >= 0.3 is 6.61 Å². The van der Waals surface area contributed by atoms with Gasteiger partial charge in [-0.3, -0.25) is 0 Å². The van der Waals surface area contributed by atoms with Crippen LogP contribution in [0.25, 0.3) is 0 Å². The second-order valence-corrected chi connectivity index (χ2v) is 5.26. The van der Waals surface area contributed by atoms with Gasteiger partial charge in [0.05, 0.1) is 32.5 Å². The number of piperidine rings is 1. The fourth-order valence-corrected chi connectivity index (χ4v) is 2.50. The first kappa shape index (κ1) is 16.0. The molecule has 0 radical (unpaired) electrons. The van der Waals surface area contributed by atoms with Gasteiger partial charge in [0.25, 0.3) is 0 Å². The quantitative estimate of drug-likeness (QED) is 0.658. The summed E-state index contributed by atoms with van der Waals surface area (Å²) in [7, 11) is 2.10. The molecule has 0 aromatic carbocycles. The maximum Gasteiger partial charge on any atom is 0.345 e. The Balaban J connectivity index is 1.56. The van der Waals surface area contributed by atoms with E-state index >= 15 is 0 Å². The molecule has 0 aliphatic carbocycles. The van der Waals surface area contributed by atoms with Crippen molar-refractivity contribution in [3.05, 3.63) is 0 Å². The Bertz CT molecular complexity index is 275. The molecule has 0 aromatic heterocycles. The van der Waals surface area contributed by atoms with Crippen LogP contribution in [0.1, 0.15) is 12.8 Å². The van der Waals surface area contributed by atoms with Crippen molar-refractivity contribution in [1.29, 1.82) is 0 Å². The van der Waals surface area contributed by atoms with Gasteiger partial charge in [-0.25, -0.2) is 0 Å². The Kier molecular flexibility index (Phi) is 6.57. The van der Waals surface area contributed by atoms with Crippen LogP contribution >= 0.6 is 0 Å². The predicted molar refractivity (Wildman–Crippen MR) is 67.9 cm³/mol. The van der Waals surface area contributed by atoms with E-state index in [4.69, 9.17) is 14.2 Å². The molecule has 2 saturated heterocycles. The lowest BCUT2D eigenvalue weighted by atomic mass is 10.1. The average molecular weight is 295 g/mol. The molecule has 0 spiro atoms. The molecule has 20 heavy (non-hydrogen) atoms. The van der Waals surface area contributed by atoms with Crippen molar-refractivity contribution in [2.75, 3.05) is 46.6 Å². The van der Waals surface area contributed by atoms with E-state index in [1.807, 2.05) is 0 Å². The van der Waals surface area contributed by atoms with Gasteiger partial charge in [0.1, 0.15) is 12.2 Å². The third-order valence-electron chi connectivity index (χ3n) is 3.69. The summed E-state index contributed by atoms with van der Waals surface area (Å²) in [6.45, 7) is 0.619. The van der Waals surface area contributed by atoms with E-state index in [2.05, 4.69) is 16.7 Å². The average Bonchev–Trinajstić information content (AvgIpc) is 2.83. The molecule has 0 N–H and O–H groups in total. The Morgan fingerprint density at radius 2 is 1.75 bits per heavy atom. The monoisotopic (exact) mass is 295 g/mol. The van der Waals surface area contributed by atoms with Crippen LogP contribution in [0.2, 0.25) is 0 Å². The lowest BCUT2D eigenvalue weighted by Gasteiger charge is -2.29. The minimum absolute atomic E-state index is 0.158. The van der Waals surface area contributed by atoms with Gasteiger partial charge < -0.3 is 23.8 Å². The number of rotatable bonds is 7.